The molecule has 0 radical (unpaired) electrons. The van der Waals surface area contributed by atoms with Crippen molar-refractivity contribution in [1.29, 1.82) is 0 Å². The van der Waals surface area contributed by atoms with Gasteiger partial charge in [-0.25, -0.2) is 0 Å². The van der Waals surface area contributed by atoms with E-state index < -0.39 is 0 Å². The van der Waals surface area contributed by atoms with E-state index in [2.05, 4.69) is 20.8 Å². The fourth-order valence-corrected chi connectivity index (χ4v) is 4.34. The average molecular weight is 178 g/mol. The first-order valence-electron chi connectivity index (χ1n) is 6.24. The van der Waals surface area contributed by atoms with Crippen LogP contribution in [0.3, 0.4) is 0 Å². The topological polar surface area (TPSA) is 0 Å². The standard InChI is InChI=1S/C13H22/c1-4-10-7(2)11(10)5-9-6-12-8(3)13(9)12/h7-13H,4-6H2,1-3H3. The molecule has 0 aromatic heterocycles. The van der Waals surface area contributed by atoms with Crippen LogP contribution in [0.2, 0.25) is 0 Å². The van der Waals surface area contributed by atoms with Crippen LogP contribution in [-0.4, -0.2) is 0 Å². The predicted octanol–water partition coefficient (Wildman–Crippen LogP) is 3.57. The van der Waals surface area contributed by atoms with Crippen LogP contribution < -0.4 is 0 Å². The number of rotatable bonds is 3. The van der Waals surface area contributed by atoms with Crippen molar-refractivity contribution in [3.63, 3.8) is 0 Å². The summed E-state index contributed by atoms with van der Waals surface area (Å²) >= 11 is 0. The molecule has 7 unspecified atom stereocenters. The lowest BCUT2D eigenvalue weighted by atomic mass is 9.81. The van der Waals surface area contributed by atoms with Crippen LogP contribution in [-0.2, 0) is 0 Å². The molecule has 0 nitrogen and oxygen atoms in total. The molecule has 3 aliphatic carbocycles. The largest absolute Gasteiger partial charge is 0.0651 e. The molecule has 3 fully saturated rings. The van der Waals surface area contributed by atoms with Gasteiger partial charge in [-0.05, 0) is 54.3 Å². The predicted molar refractivity (Wildman–Crippen MR) is 55.3 cm³/mol. The van der Waals surface area contributed by atoms with Crippen molar-refractivity contribution in [3.05, 3.63) is 0 Å². The SMILES string of the molecule is CCC1C(C)C1CC1CC2C(C)C12. The summed E-state index contributed by atoms with van der Waals surface area (Å²) in [5, 5.41) is 0. The lowest BCUT2D eigenvalue weighted by Gasteiger charge is -2.24. The Morgan fingerprint density at radius 1 is 1.08 bits per heavy atom. The maximum Gasteiger partial charge on any atom is -0.0326 e. The van der Waals surface area contributed by atoms with Crippen LogP contribution in [0, 0.1) is 41.4 Å². The number of hydrogen-bond acceptors (Lipinski definition) is 0. The monoisotopic (exact) mass is 178 g/mol. The summed E-state index contributed by atoms with van der Waals surface area (Å²) in [4.78, 5) is 0. The van der Waals surface area contributed by atoms with E-state index in [0.29, 0.717) is 0 Å². The van der Waals surface area contributed by atoms with Crippen LogP contribution in [0.15, 0.2) is 0 Å². The van der Waals surface area contributed by atoms with E-state index in [0.717, 1.165) is 29.6 Å². The highest BCUT2D eigenvalue weighted by molar-refractivity contribution is 5.10. The van der Waals surface area contributed by atoms with E-state index in [1.807, 2.05) is 0 Å². The zero-order chi connectivity index (χ0) is 9.16. The minimum absolute atomic E-state index is 1.07. The molecule has 7 atom stereocenters. The third-order valence-electron chi connectivity index (χ3n) is 5.56. The Morgan fingerprint density at radius 3 is 2.23 bits per heavy atom. The third-order valence-corrected chi connectivity index (χ3v) is 5.56. The summed E-state index contributed by atoms with van der Waals surface area (Å²) in [6, 6.07) is 0. The molecule has 0 bridgehead atoms. The van der Waals surface area contributed by atoms with E-state index in [1.54, 1.807) is 12.8 Å². The second-order valence-electron chi connectivity index (χ2n) is 5.93. The lowest BCUT2D eigenvalue weighted by molar-refractivity contribution is 0.251. The summed E-state index contributed by atoms with van der Waals surface area (Å²) in [6.07, 6.45) is 4.61. The minimum atomic E-state index is 1.07. The summed E-state index contributed by atoms with van der Waals surface area (Å²) in [7, 11) is 0. The van der Waals surface area contributed by atoms with Crippen LogP contribution in [0.4, 0.5) is 0 Å². The molecule has 0 aliphatic heterocycles. The van der Waals surface area contributed by atoms with Gasteiger partial charge < -0.3 is 0 Å². The molecule has 3 saturated carbocycles. The maximum atomic E-state index is 2.46. The van der Waals surface area contributed by atoms with Gasteiger partial charge in [0.2, 0.25) is 0 Å². The summed E-state index contributed by atoms with van der Waals surface area (Å²) in [5.41, 5.74) is 0. The van der Waals surface area contributed by atoms with Gasteiger partial charge in [0.15, 0.2) is 0 Å². The van der Waals surface area contributed by atoms with E-state index in [1.165, 1.54) is 18.3 Å². The Balaban J connectivity index is 1.50. The second kappa shape index (κ2) is 2.52. The van der Waals surface area contributed by atoms with Gasteiger partial charge in [0.05, 0.1) is 0 Å². The van der Waals surface area contributed by atoms with Crippen molar-refractivity contribution < 1.29 is 0 Å². The maximum absolute atomic E-state index is 2.46. The molecule has 13 heavy (non-hydrogen) atoms. The number of fused-ring (bicyclic) bond motifs is 1. The van der Waals surface area contributed by atoms with E-state index in [9.17, 15) is 0 Å². The minimum Gasteiger partial charge on any atom is -0.0651 e. The zero-order valence-corrected chi connectivity index (χ0v) is 9.16. The quantitative estimate of drug-likeness (QED) is 0.620. The van der Waals surface area contributed by atoms with Gasteiger partial charge in [-0.1, -0.05) is 27.2 Å². The molecular formula is C13H22. The fraction of sp³-hybridized carbons (Fsp3) is 1.00. The van der Waals surface area contributed by atoms with Gasteiger partial charge in [-0.3, -0.25) is 0 Å². The molecule has 3 rings (SSSR count). The highest BCUT2D eigenvalue weighted by Gasteiger charge is 2.61. The molecule has 74 valence electrons. The number of hydrogen-bond donors (Lipinski definition) is 0. The molecule has 0 saturated heterocycles. The molecule has 0 heterocycles. The van der Waals surface area contributed by atoms with Crippen molar-refractivity contribution in [2.45, 2.75) is 40.0 Å². The van der Waals surface area contributed by atoms with Crippen molar-refractivity contribution >= 4 is 0 Å². The Labute approximate surface area is 82.1 Å². The normalized spacial score (nSPS) is 62.5. The molecule has 0 amide bonds. The molecule has 0 aromatic rings. The van der Waals surface area contributed by atoms with E-state index in [-0.39, 0.29) is 0 Å². The molecule has 0 N–H and O–H groups in total. The first kappa shape index (κ1) is 8.32. The van der Waals surface area contributed by atoms with Crippen molar-refractivity contribution in [1.82, 2.24) is 0 Å². The average Bonchev–Trinajstić information content (AvgIpc) is 2.83. The Morgan fingerprint density at radius 2 is 1.85 bits per heavy atom. The Bertz CT molecular complexity index is 214. The van der Waals surface area contributed by atoms with Crippen LogP contribution >= 0.6 is 0 Å². The van der Waals surface area contributed by atoms with Gasteiger partial charge >= 0.3 is 0 Å². The Hall–Kier alpha value is 0. The van der Waals surface area contributed by atoms with Gasteiger partial charge in [-0.2, -0.15) is 0 Å². The van der Waals surface area contributed by atoms with E-state index >= 15 is 0 Å². The lowest BCUT2D eigenvalue weighted by Crippen LogP contribution is -2.16. The molecule has 0 heteroatoms. The third kappa shape index (κ3) is 1.04. The van der Waals surface area contributed by atoms with Crippen LogP contribution in [0.25, 0.3) is 0 Å². The van der Waals surface area contributed by atoms with Crippen molar-refractivity contribution in [3.8, 4) is 0 Å². The highest BCUT2D eigenvalue weighted by atomic mass is 14.7. The summed E-state index contributed by atoms with van der Waals surface area (Å²) in [6.45, 7) is 7.29. The zero-order valence-electron chi connectivity index (χ0n) is 9.16. The molecule has 0 spiro atoms. The van der Waals surface area contributed by atoms with Crippen LogP contribution in [0.1, 0.15) is 40.0 Å². The summed E-state index contributed by atoms with van der Waals surface area (Å²) < 4.78 is 0. The summed E-state index contributed by atoms with van der Waals surface area (Å²) in [5.74, 6) is 7.93. The smallest absolute Gasteiger partial charge is 0.0326 e. The second-order valence-corrected chi connectivity index (χ2v) is 5.93. The van der Waals surface area contributed by atoms with Crippen LogP contribution in [0.5, 0.6) is 0 Å². The van der Waals surface area contributed by atoms with Gasteiger partial charge in [0.1, 0.15) is 0 Å². The van der Waals surface area contributed by atoms with Gasteiger partial charge in [0.25, 0.3) is 0 Å². The first-order chi connectivity index (χ1) is 6.24. The first-order valence-corrected chi connectivity index (χ1v) is 6.24. The molecule has 0 aromatic carbocycles. The molecule has 3 aliphatic rings. The fourth-order valence-electron chi connectivity index (χ4n) is 4.34. The van der Waals surface area contributed by atoms with Gasteiger partial charge in [0, 0.05) is 0 Å². The van der Waals surface area contributed by atoms with E-state index in [4.69, 9.17) is 0 Å². The Kier molecular flexibility index (Phi) is 1.61. The highest BCUT2D eigenvalue weighted by Crippen LogP contribution is 2.68. The van der Waals surface area contributed by atoms with Crippen molar-refractivity contribution in [2.75, 3.05) is 0 Å². The van der Waals surface area contributed by atoms with Crippen molar-refractivity contribution in [2.24, 2.45) is 41.4 Å². The molecular weight excluding hydrogens is 156 g/mol. The van der Waals surface area contributed by atoms with Gasteiger partial charge in [-0.15, -0.1) is 0 Å².